The Bertz CT molecular complexity index is 291. The van der Waals surface area contributed by atoms with Crippen LogP contribution in [-0.4, -0.2) is 25.7 Å². The lowest BCUT2D eigenvalue weighted by molar-refractivity contribution is -0.137. The molecule has 3 nitrogen and oxygen atoms in total. The number of rotatable bonds is 6. The predicted molar refractivity (Wildman–Crippen MR) is 69.7 cm³/mol. The summed E-state index contributed by atoms with van der Waals surface area (Å²) in [6.07, 6.45) is 3.31. The average molecular weight is 239 g/mol. The van der Waals surface area contributed by atoms with Crippen LogP contribution in [-0.2, 0) is 9.53 Å². The third-order valence-corrected chi connectivity index (χ3v) is 4.47. The van der Waals surface area contributed by atoms with E-state index in [1.807, 2.05) is 6.08 Å². The Balaban J connectivity index is 2.16. The predicted octanol–water partition coefficient (Wildman–Crippen LogP) is 2.38. The van der Waals surface area contributed by atoms with Crippen molar-refractivity contribution in [1.82, 2.24) is 5.32 Å². The van der Waals surface area contributed by atoms with Crippen molar-refractivity contribution in [2.24, 2.45) is 16.7 Å². The number of carbonyl (C=O) groups excluding carboxylic acids is 1. The van der Waals surface area contributed by atoms with Crippen LogP contribution in [0.1, 0.15) is 34.6 Å². The van der Waals surface area contributed by atoms with E-state index in [4.69, 9.17) is 4.74 Å². The normalized spacial score (nSPS) is 21.7. The van der Waals surface area contributed by atoms with Crippen molar-refractivity contribution < 1.29 is 9.53 Å². The van der Waals surface area contributed by atoms with Gasteiger partial charge in [0.05, 0.1) is 6.61 Å². The molecule has 0 amide bonds. The van der Waals surface area contributed by atoms with Crippen LogP contribution in [0, 0.1) is 16.7 Å². The fourth-order valence-electron chi connectivity index (χ4n) is 2.50. The minimum Gasteiger partial charge on any atom is -0.463 e. The fourth-order valence-corrected chi connectivity index (χ4v) is 2.50. The van der Waals surface area contributed by atoms with Crippen LogP contribution >= 0.6 is 0 Å². The third kappa shape index (κ3) is 3.09. The van der Waals surface area contributed by atoms with Crippen LogP contribution in [0.15, 0.2) is 12.2 Å². The molecule has 1 saturated carbocycles. The van der Waals surface area contributed by atoms with Gasteiger partial charge < -0.3 is 10.1 Å². The monoisotopic (exact) mass is 239 g/mol. The van der Waals surface area contributed by atoms with E-state index in [-0.39, 0.29) is 5.97 Å². The highest BCUT2D eigenvalue weighted by molar-refractivity contribution is 5.81. The van der Waals surface area contributed by atoms with Crippen molar-refractivity contribution in [2.75, 3.05) is 19.7 Å². The van der Waals surface area contributed by atoms with Gasteiger partial charge in [0.25, 0.3) is 0 Å². The van der Waals surface area contributed by atoms with E-state index >= 15 is 0 Å². The van der Waals surface area contributed by atoms with E-state index in [0.29, 0.717) is 23.4 Å². The second-order valence-electron chi connectivity index (χ2n) is 5.81. The molecule has 0 atom stereocenters. The highest BCUT2D eigenvalue weighted by Gasteiger charge is 2.63. The molecule has 0 aromatic heterocycles. The molecule has 1 fully saturated rings. The second-order valence-corrected chi connectivity index (χ2v) is 5.81. The first-order chi connectivity index (χ1) is 7.84. The first-order valence-corrected chi connectivity index (χ1v) is 6.38. The summed E-state index contributed by atoms with van der Waals surface area (Å²) in [6.45, 7) is 13.2. The summed E-state index contributed by atoms with van der Waals surface area (Å²) in [5.41, 5.74) is 0.843. The zero-order valence-electron chi connectivity index (χ0n) is 11.7. The summed E-state index contributed by atoms with van der Waals surface area (Å²) >= 11 is 0. The van der Waals surface area contributed by atoms with Crippen LogP contribution in [0.3, 0.4) is 0 Å². The van der Waals surface area contributed by atoms with Crippen molar-refractivity contribution in [3.8, 4) is 0 Å². The largest absolute Gasteiger partial charge is 0.463 e. The Morgan fingerprint density at radius 3 is 2.35 bits per heavy atom. The molecule has 0 aliphatic heterocycles. The summed E-state index contributed by atoms with van der Waals surface area (Å²) in [4.78, 5) is 11.0. The number of carbonyl (C=O) groups is 1. The first kappa shape index (κ1) is 14.2. The quantitative estimate of drug-likeness (QED) is 0.439. The minimum atomic E-state index is -0.263. The maximum atomic E-state index is 11.0. The van der Waals surface area contributed by atoms with E-state index in [2.05, 4.69) is 33.0 Å². The Labute approximate surface area is 105 Å². The Kier molecular flexibility index (Phi) is 4.36. The molecular weight excluding hydrogens is 214 g/mol. The van der Waals surface area contributed by atoms with Gasteiger partial charge in [0.1, 0.15) is 0 Å². The maximum Gasteiger partial charge on any atom is 0.330 e. The minimum absolute atomic E-state index is 0.263. The summed E-state index contributed by atoms with van der Waals surface area (Å²) in [5, 5.41) is 3.36. The Hall–Kier alpha value is -0.830. The molecule has 3 heteroatoms. The number of esters is 1. The van der Waals surface area contributed by atoms with Crippen molar-refractivity contribution in [3.63, 3.8) is 0 Å². The lowest BCUT2D eigenvalue weighted by atomic mass is 10.0. The molecule has 0 spiro atoms. The van der Waals surface area contributed by atoms with Gasteiger partial charge in [-0.25, -0.2) is 4.79 Å². The molecule has 1 aliphatic rings. The van der Waals surface area contributed by atoms with Crippen molar-refractivity contribution >= 4 is 5.97 Å². The lowest BCUT2D eigenvalue weighted by Crippen LogP contribution is -2.19. The van der Waals surface area contributed by atoms with Crippen LogP contribution in [0.4, 0.5) is 0 Å². The van der Waals surface area contributed by atoms with Crippen LogP contribution in [0.2, 0.25) is 0 Å². The van der Waals surface area contributed by atoms with Crippen molar-refractivity contribution in [2.45, 2.75) is 34.6 Å². The molecule has 0 radical (unpaired) electrons. The fraction of sp³-hybridized carbons (Fsp3) is 0.786. The third-order valence-electron chi connectivity index (χ3n) is 4.47. The number of hydrogen-bond donors (Lipinski definition) is 1. The van der Waals surface area contributed by atoms with Gasteiger partial charge in [0.2, 0.25) is 0 Å². The van der Waals surface area contributed by atoms with Gasteiger partial charge in [-0.15, -0.1) is 0 Å². The summed E-state index contributed by atoms with van der Waals surface area (Å²) in [5.74, 6) is 0.451. The zero-order chi connectivity index (χ0) is 13.1. The van der Waals surface area contributed by atoms with E-state index < -0.39 is 0 Å². The topological polar surface area (TPSA) is 38.3 Å². The molecular formula is C14H25NO2. The maximum absolute atomic E-state index is 11.0. The highest BCUT2D eigenvalue weighted by Crippen LogP contribution is 2.67. The highest BCUT2D eigenvalue weighted by atomic mass is 16.5. The number of hydrogen-bond acceptors (Lipinski definition) is 3. The SMILES string of the molecule is CCOC(=O)/C=C/CNCC1C(C)(C)C1(C)C. The zero-order valence-corrected chi connectivity index (χ0v) is 11.7. The Morgan fingerprint density at radius 1 is 1.29 bits per heavy atom. The van der Waals surface area contributed by atoms with Gasteiger partial charge >= 0.3 is 5.97 Å². The molecule has 0 bridgehead atoms. The van der Waals surface area contributed by atoms with E-state index in [1.54, 1.807) is 6.92 Å². The molecule has 1 aliphatic carbocycles. The van der Waals surface area contributed by atoms with Crippen LogP contribution in [0.5, 0.6) is 0 Å². The smallest absolute Gasteiger partial charge is 0.330 e. The first-order valence-electron chi connectivity index (χ1n) is 6.38. The second kappa shape index (κ2) is 5.21. The van der Waals surface area contributed by atoms with Gasteiger partial charge in [-0.05, 0) is 30.2 Å². The molecule has 0 unspecified atom stereocenters. The molecule has 0 aromatic rings. The standard InChI is InChI=1S/C14H25NO2/c1-6-17-12(16)8-7-9-15-10-11-13(2,3)14(11,4)5/h7-8,11,15H,6,9-10H2,1-5H3/b8-7+. The van der Waals surface area contributed by atoms with Gasteiger partial charge in [-0.3, -0.25) is 0 Å². The van der Waals surface area contributed by atoms with Gasteiger partial charge in [-0.2, -0.15) is 0 Å². The summed E-state index contributed by atoms with van der Waals surface area (Å²) < 4.78 is 4.79. The molecule has 1 N–H and O–H groups in total. The summed E-state index contributed by atoms with van der Waals surface area (Å²) in [6, 6.07) is 0. The van der Waals surface area contributed by atoms with Crippen LogP contribution in [0.25, 0.3) is 0 Å². The number of nitrogens with one attached hydrogen (secondary N) is 1. The molecule has 0 saturated heterocycles. The molecule has 98 valence electrons. The molecule has 17 heavy (non-hydrogen) atoms. The molecule has 0 heterocycles. The van der Waals surface area contributed by atoms with E-state index in [1.165, 1.54) is 6.08 Å². The lowest BCUT2D eigenvalue weighted by Gasteiger charge is -2.04. The average Bonchev–Trinajstić information content (AvgIpc) is 2.60. The van der Waals surface area contributed by atoms with Crippen molar-refractivity contribution in [3.05, 3.63) is 12.2 Å². The molecule has 1 rings (SSSR count). The van der Waals surface area contributed by atoms with Gasteiger partial charge in [-0.1, -0.05) is 33.8 Å². The van der Waals surface area contributed by atoms with Crippen molar-refractivity contribution in [1.29, 1.82) is 0 Å². The number of ether oxygens (including phenoxy) is 1. The van der Waals surface area contributed by atoms with Crippen LogP contribution < -0.4 is 5.32 Å². The van der Waals surface area contributed by atoms with E-state index in [0.717, 1.165) is 13.1 Å². The Morgan fingerprint density at radius 2 is 1.88 bits per heavy atom. The van der Waals surface area contributed by atoms with Gasteiger partial charge in [0.15, 0.2) is 0 Å². The van der Waals surface area contributed by atoms with E-state index in [9.17, 15) is 4.79 Å². The molecule has 0 aromatic carbocycles. The van der Waals surface area contributed by atoms with Gasteiger partial charge in [0, 0.05) is 12.6 Å². The summed E-state index contributed by atoms with van der Waals surface area (Å²) in [7, 11) is 0.